The van der Waals surface area contributed by atoms with Crippen LogP contribution in [0.1, 0.15) is 18.8 Å². The van der Waals surface area contributed by atoms with Crippen LogP contribution in [0.4, 0.5) is 4.39 Å². The Balaban J connectivity index is 2.28. The van der Waals surface area contributed by atoms with Crippen LogP contribution < -0.4 is 5.32 Å². The summed E-state index contributed by atoms with van der Waals surface area (Å²) >= 11 is 6.03. The lowest BCUT2D eigenvalue weighted by atomic mass is 10.2. The third-order valence-electron chi connectivity index (χ3n) is 2.79. The average Bonchev–Trinajstić information content (AvgIpc) is 2.88. The van der Waals surface area contributed by atoms with E-state index in [1.165, 1.54) is 16.8 Å². The zero-order valence-electron chi connectivity index (χ0n) is 11.2. The Morgan fingerprint density at radius 3 is 3.00 bits per heavy atom. The van der Waals surface area contributed by atoms with E-state index in [0.29, 0.717) is 19.0 Å². The second kappa shape index (κ2) is 6.74. The Bertz CT molecular complexity index is 556. The zero-order chi connectivity index (χ0) is 14.5. The Hall–Kier alpha value is -1.57. The van der Waals surface area contributed by atoms with Gasteiger partial charge in [-0.25, -0.2) is 4.39 Å². The smallest absolute Gasteiger partial charge is 0.173 e. The molecule has 6 nitrogen and oxygen atoms in total. The van der Waals surface area contributed by atoms with Gasteiger partial charge >= 0.3 is 0 Å². The minimum atomic E-state index is -0.477. The summed E-state index contributed by atoms with van der Waals surface area (Å²) < 4.78 is 20.2. The van der Waals surface area contributed by atoms with Crippen LogP contribution in [-0.2, 0) is 4.74 Å². The maximum absolute atomic E-state index is 13.9. The Kier molecular flexibility index (Phi) is 4.99. The van der Waals surface area contributed by atoms with E-state index >= 15 is 0 Å². The number of hydrogen-bond donors (Lipinski definition) is 1. The first-order valence-electron chi connectivity index (χ1n) is 6.10. The molecule has 8 heteroatoms. The molecule has 20 heavy (non-hydrogen) atoms. The van der Waals surface area contributed by atoms with E-state index in [9.17, 15) is 4.39 Å². The van der Waals surface area contributed by atoms with Gasteiger partial charge in [0.25, 0.3) is 0 Å². The van der Waals surface area contributed by atoms with Crippen LogP contribution in [0.25, 0.3) is 5.69 Å². The maximum Gasteiger partial charge on any atom is 0.173 e. The molecule has 0 fully saturated rings. The molecule has 0 aliphatic rings. The van der Waals surface area contributed by atoms with E-state index in [4.69, 9.17) is 16.3 Å². The third kappa shape index (κ3) is 3.12. The summed E-state index contributed by atoms with van der Waals surface area (Å²) in [5.74, 6) is 0.00300. The largest absolute Gasteiger partial charge is 0.383 e. The van der Waals surface area contributed by atoms with Crippen molar-refractivity contribution < 1.29 is 9.13 Å². The molecule has 0 aliphatic carbocycles. The summed E-state index contributed by atoms with van der Waals surface area (Å²) in [6, 6.07) is 4.27. The molecule has 1 unspecified atom stereocenters. The van der Waals surface area contributed by atoms with Gasteiger partial charge < -0.3 is 10.1 Å². The van der Waals surface area contributed by atoms with Crippen molar-refractivity contribution in [3.05, 3.63) is 34.9 Å². The predicted molar refractivity (Wildman–Crippen MR) is 72.4 cm³/mol. The van der Waals surface area contributed by atoms with Crippen LogP contribution in [0.3, 0.4) is 0 Å². The fourth-order valence-electron chi connectivity index (χ4n) is 1.78. The van der Waals surface area contributed by atoms with Crippen molar-refractivity contribution in [1.82, 2.24) is 25.5 Å². The second-order valence-corrected chi connectivity index (χ2v) is 4.59. The highest BCUT2D eigenvalue weighted by Gasteiger charge is 2.19. The fourth-order valence-corrected chi connectivity index (χ4v) is 2.03. The van der Waals surface area contributed by atoms with Crippen LogP contribution in [0.5, 0.6) is 0 Å². The number of nitrogens with zero attached hydrogens (tertiary/aromatic N) is 4. The van der Waals surface area contributed by atoms with Crippen molar-refractivity contribution in [2.24, 2.45) is 0 Å². The lowest BCUT2D eigenvalue weighted by Crippen LogP contribution is -2.25. The van der Waals surface area contributed by atoms with Gasteiger partial charge in [0, 0.05) is 13.7 Å². The van der Waals surface area contributed by atoms with Crippen molar-refractivity contribution in [3.63, 3.8) is 0 Å². The van der Waals surface area contributed by atoms with E-state index < -0.39 is 5.82 Å². The minimum absolute atomic E-state index is 0.148. The second-order valence-electron chi connectivity index (χ2n) is 4.19. The molecule has 1 N–H and O–H groups in total. The monoisotopic (exact) mass is 299 g/mol. The Morgan fingerprint density at radius 2 is 2.30 bits per heavy atom. The molecule has 0 saturated heterocycles. The first-order valence-corrected chi connectivity index (χ1v) is 6.48. The first-order chi connectivity index (χ1) is 9.65. The van der Waals surface area contributed by atoms with Gasteiger partial charge in [0.05, 0.1) is 17.7 Å². The van der Waals surface area contributed by atoms with E-state index in [2.05, 4.69) is 20.8 Å². The van der Waals surface area contributed by atoms with Gasteiger partial charge in [-0.1, -0.05) is 17.7 Å². The quantitative estimate of drug-likeness (QED) is 0.823. The molecular weight excluding hydrogens is 285 g/mol. The van der Waals surface area contributed by atoms with Gasteiger partial charge in [-0.2, -0.15) is 4.68 Å². The fraction of sp³-hybridized carbons (Fsp3) is 0.417. The number of methoxy groups -OCH3 is 1. The normalized spacial score (nSPS) is 12.6. The number of tetrazole rings is 1. The molecule has 0 bridgehead atoms. The molecule has 1 aromatic heterocycles. The SMILES string of the molecule is COCCNC(C)c1nnnn1-c1c(F)cccc1Cl. The molecule has 0 spiro atoms. The Labute approximate surface area is 120 Å². The molecule has 0 amide bonds. The minimum Gasteiger partial charge on any atom is -0.383 e. The lowest BCUT2D eigenvalue weighted by Gasteiger charge is -2.14. The molecule has 0 aliphatic heterocycles. The standard InChI is InChI=1S/C12H15ClFN5O/c1-8(15-6-7-20-2)12-16-17-18-19(12)11-9(13)4-3-5-10(11)14/h3-5,8,15H,6-7H2,1-2H3. The van der Waals surface area contributed by atoms with Crippen LogP contribution in [0.2, 0.25) is 5.02 Å². The molecule has 0 saturated carbocycles. The number of ether oxygens (including phenoxy) is 1. The summed E-state index contributed by atoms with van der Waals surface area (Å²) in [5, 5.41) is 14.8. The number of halogens is 2. The lowest BCUT2D eigenvalue weighted by molar-refractivity contribution is 0.196. The van der Waals surface area contributed by atoms with Gasteiger partial charge in [0.1, 0.15) is 5.69 Å². The van der Waals surface area contributed by atoms with Crippen molar-refractivity contribution >= 4 is 11.6 Å². The number of hydrogen-bond acceptors (Lipinski definition) is 5. The maximum atomic E-state index is 13.9. The number of benzene rings is 1. The van der Waals surface area contributed by atoms with Crippen LogP contribution in [-0.4, -0.2) is 40.5 Å². The number of rotatable bonds is 6. The van der Waals surface area contributed by atoms with E-state index in [-0.39, 0.29) is 16.8 Å². The van der Waals surface area contributed by atoms with Gasteiger partial charge in [-0.05, 0) is 29.5 Å². The summed E-state index contributed by atoms with van der Waals surface area (Å²) in [7, 11) is 1.62. The number of aromatic nitrogens is 4. The van der Waals surface area contributed by atoms with Crippen LogP contribution in [0, 0.1) is 5.82 Å². The average molecular weight is 300 g/mol. The van der Waals surface area contributed by atoms with Gasteiger partial charge in [0.2, 0.25) is 0 Å². The Morgan fingerprint density at radius 1 is 1.50 bits per heavy atom. The summed E-state index contributed by atoms with van der Waals surface area (Å²) in [6.45, 7) is 3.08. The number of para-hydroxylation sites is 1. The summed E-state index contributed by atoms with van der Waals surface area (Å²) in [5.41, 5.74) is 0.148. The predicted octanol–water partition coefficient (Wildman–Crippen LogP) is 1.75. The van der Waals surface area contributed by atoms with Gasteiger partial charge in [-0.15, -0.1) is 5.10 Å². The molecule has 1 atom stereocenters. The summed E-state index contributed by atoms with van der Waals surface area (Å²) in [4.78, 5) is 0. The highest BCUT2D eigenvalue weighted by atomic mass is 35.5. The molecule has 1 heterocycles. The highest BCUT2D eigenvalue weighted by Crippen LogP contribution is 2.24. The van der Waals surface area contributed by atoms with Gasteiger partial charge in [0.15, 0.2) is 11.6 Å². The van der Waals surface area contributed by atoms with Crippen molar-refractivity contribution in [1.29, 1.82) is 0 Å². The van der Waals surface area contributed by atoms with E-state index in [1.807, 2.05) is 6.92 Å². The first kappa shape index (κ1) is 14.8. The molecular formula is C12H15ClFN5O. The van der Waals surface area contributed by atoms with Gasteiger partial charge in [-0.3, -0.25) is 0 Å². The summed E-state index contributed by atoms with van der Waals surface area (Å²) in [6.07, 6.45) is 0. The van der Waals surface area contributed by atoms with E-state index in [1.54, 1.807) is 13.2 Å². The third-order valence-corrected chi connectivity index (χ3v) is 3.09. The zero-order valence-corrected chi connectivity index (χ0v) is 11.9. The number of nitrogens with one attached hydrogen (secondary N) is 1. The van der Waals surface area contributed by atoms with Crippen LogP contribution in [0.15, 0.2) is 18.2 Å². The highest BCUT2D eigenvalue weighted by molar-refractivity contribution is 6.32. The molecule has 2 aromatic rings. The van der Waals surface area contributed by atoms with Crippen molar-refractivity contribution in [2.45, 2.75) is 13.0 Å². The van der Waals surface area contributed by atoms with E-state index in [0.717, 1.165) is 0 Å². The molecule has 2 rings (SSSR count). The van der Waals surface area contributed by atoms with Crippen molar-refractivity contribution in [2.75, 3.05) is 20.3 Å². The topological polar surface area (TPSA) is 64.9 Å². The molecule has 1 aromatic carbocycles. The van der Waals surface area contributed by atoms with Crippen LogP contribution >= 0.6 is 11.6 Å². The molecule has 0 radical (unpaired) electrons. The molecule has 108 valence electrons. The van der Waals surface area contributed by atoms with Crippen molar-refractivity contribution in [3.8, 4) is 5.69 Å².